The molecule has 0 aromatic carbocycles. The highest BCUT2D eigenvalue weighted by atomic mass is 16.5. The molecule has 420 valence electrons. The lowest BCUT2D eigenvalue weighted by atomic mass is 10.0. The third kappa shape index (κ3) is 57.5. The first-order valence-corrected chi connectivity index (χ1v) is 32.1. The maximum atomic E-state index is 12.5. The maximum Gasteiger partial charge on any atom is 0.305 e. The average Bonchev–Trinajstić information content (AvgIpc) is 3.37. The van der Waals surface area contributed by atoms with Crippen LogP contribution in [0.25, 0.3) is 0 Å². The molecule has 0 bridgehead atoms. The number of esters is 1. The van der Waals surface area contributed by atoms with Gasteiger partial charge in [-0.25, -0.2) is 0 Å². The summed E-state index contributed by atoms with van der Waals surface area (Å²) in [6.07, 6.45) is 75.0. The van der Waals surface area contributed by atoms with Crippen molar-refractivity contribution < 1.29 is 24.5 Å². The molecule has 6 heteroatoms. The second-order valence-corrected chi connectivity index (χ2v) is 22.1. The predicted molar refractivity (Wildman–Crippen MR) is 310 cm³/mol. The van der Waals surface area contributed by atoms with Gasteiger partial charge in [-0.05, 0) is 57.8 Å². The highest BCUT2D eigenvalue weighted by Crippen LogP contribution is 2.18. The number of amides is 1. The van der Waals surface area contributed by atoms with E-state index in [1.165, 1.54) is 276 Å². The Labute approximate surface area is 443 Å². The van der Waals surface area contributed by atoms with E-state index in [1.54, 1.807) is 6.08 Å². The number of hydrogen-bond donors (Lipinski definition) is 3. The zero-order chi connectivity index (χ0) is 51.4. The molecule has 0 saturated heterocycles. The molecule has 2 unspecified atom stereocenters. The van der Waals surface area contributed by atoms with E-state index in [0.717, 1.165) is 51.4 Å². The monoisotopic (exact) mass is 1000 g/mol. The van der Waals surface area contributed by atoms with Crippen LogP contribution < -0.4 is 5.32 Å². The fraction of sp³-hybridized carbons (Fsp3) is 0.908. The third-order valence-corrected chi connectivity index (χ3v) is 15.0. The van der Waals surface area contributed by atoms with Gasteiger partial charge >= 0.3 is 5.97 Å². The third-order valence-electron chi connectivity index (χ3n) is 15.0. The Morgan fingerprint density at radius 3 is 1.00 bits per heavy atom. The van der Waals surface area contributed by atoms with Crippen LogP contribution in [0.5, 0.6) is 0 Å². The topological polar surface area (TPSA) is 95.9 Å². The quantitative estimate of drug-likeness (QED) is 0.0320. The van der Waals surface area contributed by atoms with Gasteiger partial charge in [-0.15, -0.1) is 0 Å². The summed E-state index contributed by atoms with van der Waals surface area (Å²) in [5, 5.41) is 23.2. The minimum absolute atomic E-state index is 0.00696. The van der Waals surface area contributed by atoms with Crippen molar-refractivity contribution >= 4 is 11.9 Å². The molecule has 0 saturated carbocycles. The Morgan fingerprint density at radius 2 is 0.662 bits per heavy atom. The Balaban J connectivity index is 3.46. The van der Waals surface area contributed by atoms with Crippen molar-refractivity contribution in [2.75, 3.05) is 13.2 Å². The van der Waals surface area contributed by atoms with E-state index >= 15 is 0 Å². The summed E-state index contributed by atoms with van der Waals surface area (Å²) in [5.41, 5.74) is 0. The number of ether oxygens (including phenoxy) is 1. The molecule has 1 amide bonds. The van der Waals surface area contributed by atoms with Crippen molar-refractivity contribution in [1.29, 1.82) is 0 Å². The van der Waals surface area contributed by atoms with E-state index in [4.69, 9.17) is 4.74 Å². The van der Waals surface area contributed by atoms with Crippen molar-refractivity contribution in [1.82, 2.24) is 5.32 Å². The largest absolute Gasteiger partial charge is 0.466 e. The molecule has 0 aliphatic heterocycles. The van der Waals surface area contributed by atoms with Crippen LogP contribution >= 0.6 is 0 Å². The van der Waals surface area contributed by atoms with E-state index in [1.807, 2.05) is 6.08 Å². The number of carbonyl (C=O) groups is 2. The predicted octanol–water partition coefficient (Wildman–Crippen LogP) is 20.2. The summed E-state index contributed by atoms with van der Waals surface area (Å²) in [6.45, 7) is 4.91. The first kappa shape index (κ1) is 69.3. The molecule has 0 radical (unpaired) electrons. The van der Waals surface area contributed by atoms with Crippen molar-refractivity contribution in [2.45, 2.75) is 366 Å². The number of aliphatic hydroxyl groups is 2. The maximum absolute atomic E-state index is 12.5. The number of hydrogen-bond acceptors (Lipinski definition) is 5. The van der Waals surface area contributed by atoms with Gasteiger partial charge in [0.1, 0.15) is 0 Å². The summed E-state index contributed by atoms with van der Waals surface area (Å²) in [6, 6.07) is -0.636. The molecule has 0 heterocycles. The van der Waals surface area contributed by atoms with Gasteiger partial charge in [-0.2, -0.15) is 0 Å². The van der Waals surface area contributed by atoms with Gasteiger partial charge < -0.3 is 20.3 Å². The second kappa shape index (κ2) is 60.9. The summed E-state index contributed by atoms with van der Waals surface area (Å²) in [7, 11) is 0. The van der Waals surface area contributed by atoms with Gasteiger partial charge in [0, 0.05) is 12.8 Å². The van der Waals surface area contributed by atoms with Gasteiger partial charge in [0.25, 0.3) is 0 Å². The molecule has 2 atom stereocenters. The molecule has 0 spiro atoms. The molecule has 0 aliphatic carbocycles. The van der Waals surface area contributed by atoms with Gasteiger partial charge in [0.15, 0.2) is 0 Å². The standard InChI is InChI=1S/C65H125NO5/c1-3-5-7-9-11-13-15-17-19-21-22-23-24-25-26-27-29-33-37-41-45-49-53-57-63(68)62(61-67)66-64(69)58-54-50-46-42-38-34-30-28-32-36-40-44-48-52-56-60-71-65(70)59-55-51-47-43-39-35-31-20-18-16-14-12-10-8-6-4-2/h20,31,53,57,62-63,67-68H,3-19,21-30,32-52,54-56,58-61H2,1-2H3,(H,66,69)/b31-20-,57-53+. The number of carbonyl (C=O) groups excluding carboxylic acids is 2. The van der Waals surface area contributed by atoms with E-state index in [2.05, 4.69) is 31.3 Å². The Kier molecular flexibility index (Phi) is 59.5. The Morgan fingerprint density at radius 1 is 0.380 bits per heavy atom. The molecule has 0 aliphatic rings. The van der Waals surface area contributed by atoms with E-state index in [0.29, 0.717) is 19.4 Å². The van der Waals surface area contributed by atoms with Crippen LogP contribution in [0.15, 0.2) is 24.3 Å². The fourth-order valence-corrected chi connectivity index (χ4v) is 10.0. The molecule has 71 heavy (non-hydrogen) atoms. The van der Waals surface area contributed by atoms with Gasteiger partial charge in [0.05, 0.1) is 25.4 Å². The summed E-state index contributed by atoms with van der Waals surface area (Å²) < 4.78 is 5.48. The molecule has 0 aromatic heterocycles. The first-order chi connectivity index (χ1) is 35.0. The lowest BCUT2D eigenvalue weighted by Crippen LogP contribution is -2.45. The van der Waals surface area contributed by atoms with Crippen LogP contribution in [0, 0.1) is 0 Å². The molecule has 3 N–H and O–H groups in total. The minimum atomic E-state index is -0.852. The summed E-state index contributed by atoms with van der Waals surface area (Å²) in [4.78, 5) is 24.6. The zero-order valence-electron chi connectivity index (χ0n) is 48.0. The van der Waals surface area contributed by atoms with Crippen LogP contribution in [0.2, 0.25) is 0 Å². The van der Waals surface area contributed by atoms with Gasteiger partial charge in [0.2, 0.25) is 5.91 Å². The highest BCUT2D eigenvalue weighted by Gasteiger charge is 2.18. The fourth-order valence-electron chi connectivity index (χ4n) is 10.0. The highest BCUT2D eigenvalue weighted by molar-refractivity contribution is 5.76. The molecule has 6 nitrogen and oxygen atoms in total. The van der Waals surface area contributed by atoms with Crippen molar-refractivity contribution in [3.05, 3.63) is 24.3 Å². The smallest absolute Gasteiger partial charge is 0.305 e. The first-order valence-electron chi connectivity index (χ1n) is 32.1. The number of allylic oxidation sites excluding steroid dienone is 3. The number of rotatable bonds is 60. The average molecular weight is 1000 g/mol. The molecule has 0 fully saturated rings. The number of unbranched alkanes of at least 4 members (excludes halogenated alkanes) is 47. The van der Waals surface area contributed by atoms with Crippen LogP contribution in [0.1, 0.15) is 354 Å². The number of aliphatic hydroxyl groups excluding tert-OH is 2. The lowest BCUT2D eigenvalue weighted by molar-refractivity contribution is -0.143. The molecular formula is C65H125NO5. The van der Waals surface area contributed by atoms with Crippen LogP contribution in [0.4, 0.5) is 0 Å². The van der Waals surface area contributed by atoms with Gasteiger partial charge in [-0.1, -0.05) is 308 Å². The summed E-state index contributed by atoms with van der Waals surface area (Å²) >= 11 is 0. The lowest BCUT2D eigenvalue weighted by Gasteiger charge is -2.20. The second-order valence-electron chi connectivity index (χ2n) is 22.1. The van der Waals surface area contributed by atoms with Crippen molar-refractivity contribution in [2.24, 2.45) is 0 Å². The normalized spacial score (nSPS) is 12.7. The van der Waals surface area contributed by atoms with Crippen molar-refractivity contribution in [3.8, 4) is 0 Å². The molecular weight excluding hydrogens is 875 g/mol. The zero-order valence-corrected chi connectivity index (χ0v) is 48.0. The molecule has 0 aromatic rings. The van der Waals surface area contributed by atoms with E-state index in [9.17, 15) is 19.8 Å². The minimum Gasteiger partial charge on any atom is -0.466 e. The van der Waals surface area contributed by atoms with Gasteiger partial charge in [-0.3, -0.25) is 9.59 Å². The van der Waals surface area contributed by atoms with Crippen LogP contribution in [-0.2, 0) is 14.3 Å². The SMILES string of the molecule is CCCCCCCCC/C=C\CCCCCCCC(=O)OCCCCCCCCCCCCCCCCCC(=O)NC(CO)C(O)/C=C/CCCCCCCCCCCCCCCCCCCCCCC. The summed E-state index contributed by atoms with van der Waals surface area (Å²) in [5.74, 6) is -0.0801. The number of nitrogens with one attached hydrogen (secondary N) is 1. The Bertz CT molecular complexity index is 1110. The van der Waals surface area contributed by atoms with Crippen LogP contribution in [-0.4, -0.2) is 47.4 Å². The van der Waals surface area contributed by atoms with E-state index in [-0.39, 0.29) is 18.5 Å². The van der Waals surface area contributed by atoms with Crippen molar-refractivity contribution in [3.63, 3.8) is 0 Å². The molecule has 0 rings (SSSR count). The van der Waals surface area contributed by atoms with Crippen LogP contribution in [0.3, 0.4) is 0 Å². The van der Waals surface area contributed by atoms with E-state index < -0.39 is 12.1 Å². The Hall–Kier alpha value is -1.66.